The van der Waals surface area contributed by atoms with Crippen LogP contribution in [0.1, 0.15) is 58.4 Å². The Morgan fingerprint density at radius 3 is 2.75 bits per heavy atom. The van der Waals surface area contributed by atoms with E-state index in [0.29, 0.717) is 11.3 Å². The van der Waals surface area contributed by atoms with Crippen LogP contribution >= 0.6 is 24.0 Å². The van der Waals surface area contributed by atoms with E-state index in [-0.39, 0.29) is 24.0 Å². The van der Waals surface area contributed by atoms with Crippen molar-refractivity contribution < 1.29 is 0 Å². The zero-order valence-electron chi connectivity index (χ0n) is 15.9. The smallest absolute Gasteiger partial charge is 0.193 e. The van der Waals surface area contributed by atoms with Crippen molar-refractivity contribution in [2.75, 3.05) is 26.2 Å². The van der Waals surface area contributed by atoms with Gasteiger partial charge in [-0.25, -0.2) is 0 Å². The first-order valence-electron chi connectivity index (χ1n) is 8.91. The number of hydrogen-bond acceptors (Lipinski definition) is 2. The van der Waals surface area contributed by atoms with Crippen molar-refractivity contribution in [2.45, 2.75) is 52.9 Å². The van der Waals surface area contributed by atoms with E-state index in [2.05, 4.69) is 49.2 Å². The maximum Gasteiger partial charge on any atom is 0.193 e. The fraction of sp³-hybridized carbons (Fsp3) is 0.778. The van der Waals surface area contributed by atoms with Crippen LogP contribution in [0.5, 0.6) is 0 Å². The first kappa shape index (κ1) is 21.3. The summed E-state index contributed by atoms with van der Waals surface area (Å²) in [5, 5.41) is 7.76. The molecule has 0 radical (unpaired) electrons. The summed E-state index contributed by atoms with van der Waals surface area (Å²) in [6.07, 6.45) is 7.69. The number of rotatable bonds is 5. The second-order valence-corrected chi connectivity index (χ2v) is 7.78. The Morgan fingerprint density at radius 2 is 2.17 bits per heavy atom. The van der Waals surface area contributed by atoms with Crippen molar-refractivity contribution in [2.24, 2.45) is 17.5 Å². The van der Waals surface area contributed by atoms with Crippen LogP contribution in [0.3, 0.4) is 0 Å². The molecular formula is C18H34IN5. The van der Waals surface area contributed by atoms with Gasteiger partial charge >= 0.3 is 0 Å². The van der Waals surface area contributed by atoms with E-state index in [1.807, 2.05) is 17.9 Å². The summed E-state index contributed by atoms with van der Waals surface area (Å²) >= 11 is 0. The number of aromatic nitrogens is 2. The number of halogens is 1. The van der Waals surface area contributed by atoms with Crippen LogP contribution in [-0.2, 0) is 7.05 Å². The molecule has 1 aliphatic heterocycles. The number of nitrogens with one attached hydrogen (secondary N) is 1. The largest absolute Gasteiger partial charge is 0.357 e. The van der Waals surface area contributed by atoms with Crippen LogP contribution in [0, 0.1) is 5.41 Å². The third-order valence-electron chi connectivity index (χ3n) is 4.37. The molecule has 138 valence electrons. The monoisotopic (exact) mass is 447 g/mol. The van der Waals surface area contributed by atoms with Gasteiger partial charge < -0.3 is 10.2 Å². The van der Waals surface area contributed by atoms with E-state index in [9.17, 15) is 0 Å². The van der Waals surface area contributed by atoms with Crippen LogP contribution in [0.2, 0.25) is 0 Å². The highest BCUT2D eigenvalue weighted by Crippen LogP contribution is 2.26. The molecule has 0 spiro atoms. The first-order valence-corrected chi connectivity index (χ1v) is 8.91. The molecule has 0 aromatic carbocycles. The normalized spacial score (nSPS) is 18.6. The highest BCUT2D eigenvalue weighted by atomic mass is 127. The predicted octanol–water partition coefficient (Wildman–Crippen LogP) is 3.62. The number of aliphatic imine (C=N–C) groups is 1. The Hall–Kier alpha value is -0.790. The highest BCUT2D eigenvalue weighted by Gasteiger charge is 2.26. The summed E-state index contributed by atoms with van der Waals surface area (Å²) in [6.45, 7) is 13.0. The molecule has 6 heteroatoms. The summed E-state index contributed by atoms with van der Waals surface area (Å²) < 4.78 is 1.89. The quantitative estimate of drug-likeness (QED) is 0.325. The molecule has 1 N–H and O–H groups in total. The lowest BCUT2D eigenvalue weighted by molar-refractivity contribution is 0.367. The fourth-order valence-corrected chi connectivity index (χ4v) is 3.10. The third kappa shape index (κ3) is 6.61. The van der Waals surface area contributed by atoms with Crippen LogP contribution in [0.15, 0.2) is 17.4 Å². The number of aryl methyl sites for hydroxylation is 1. The Balaban J connectivity index is 0.00000288. The zero-order valence-corrected chi connectivity index (χ0v) is 18.2. The Morgan fingerprint density at radius 1 is 1.42 bits per heavy atom. The zero-order chi connectivity index (χ0) is 16.9. The maximum atomic E-state index is 4.84. The van der Waals surface area contributed by atoms with Crippen LogP contribution in [0.25, 0.3) is 0 Å². The highest BCUT2D eigenvalue weighted by molar-refractivity contribution is 14.0. The minimum Gasteiger partial charge on any atom is -0.357 e. The van der Waals surface area contributed by atoms with Crippen molar-refractivity contribution in [3.05, 3.63) is 18.0 Å². The van der Waals surface area contributed by atoms with Gasteiger partial charge in [0, 0.05) is 45.3 Å². The molecule has 1 aliphatic rings. The molecular weight excluding hydrogens is 413 g/mol. The summed E-state index contributed by atoms with van der Waals surface area (Å²) in [7, 11) is 1.98. The minimum absolute atomic E-state index is 0. The van der Waals surface area contributed by atoms with Crippen molar-refractivity contribution in [3.63, 3.8) is 0 Å². The van der Waals surface area contributed by atoms with E-state index >= 15 is 0 Å². The first-order chi connectivity index (χ1) is 10.9. The lowest BCUT2D eigenvalue weighted by Gasteiger charge is -2.22. The number of hydrogen-bond donors (Lipinski definition) is 1. The van der Waals surface area contributed by atoms with Crippen molar-refractivity contribution in [1.29, 1.82) is 0 Å². The second kappa shape index (κ2) is 9.63. The Labute approximate surface area is 164 Å². The van der Waals surface area contributed by atoms with Crippen molar-refractivity contribution >= 4 is 29.9 Å². The van der Waals surface area contributed by atoms with E-state index in [0.717, 1.165) is 38.6 Å². The van der Waals surface area contributed by atoms with Gasteiger partial charge in [0.1, 0.15) is 0 Å². The molecule has 0 saturated carbocycles. The van der Waals surface area contributed by atoms with Gasteiger partial charge in [-0.2, -0.15) is 5.10 Å². The SMILES string of the molecule is CCNC(=NCCCC(C)(C)C)N1CCC(c2cnn(C)c2)C1.I. The fourth-order valence-electron chi connectivity index (χ4n) is 3.10. The standard InChI is InChI=1S/C18H33N5.HI/c1-6-19-17(20-10-7-9-18(2,3)4)23-11-8-15(14-23)16-12-21-22(5)13-16;/h12-13,15H,6-11,14H2,1-5H3,(H,19,20);1H. The average Bonchev–Trinajstić information content (AvgIpc) is 3.10. The number of nitrogens with zero attached hydrogens (tertiary/aromatic N) is 4. The average molecular weight is 447 g/mol. The van der Waals surface area contributed by atoms with Crippen LogP contribution in [0.4, 0.5) is 0 Å². The Bertz CT molecular complexity index is 518. The predicted molar refractivity (Wildman–Crippen MR) is 112 cm³/mol. The Kier molecular flexibility index (Phi) is 8.53. The van der Waals surface area contributed by atoms with Crippen LogP contribution in [-0.4, -0.2) is 46.8 Å². The molecule has 1 saturated heterocycles. The van der Waals surface area contributed by atoms with Crippen LogP contribution < -0.4 is 5.32 Å². The van der Waals surface area contributed by atoms with Gasteiger partial charge in [-0.05, 0) is 37.2 Å². The number of guanidine groups is 1. The van der Waals surface area contributed by atoms with Crippen molar-refractivity contribution in [1.82, 2.24) is 20.0 Å². The molecule has 1 unspecified atom stereocenters. The van der Waals surface area contributed by atoms with Gasteiger partial charge in [-0.1, -0.05) is 20.8 Å². The minimum atomic E-state index is 0. The lowest BCUT2D eigenvalue weighted by atomic mass is 9.91. The molecule has 2 rings (SSSR count). The van der Waals surface area contributed by atoms with Crippen molar-refractivity contribution in [3.8, 4) is 0 Å². The molecule has 0 amide bonds. The van der Waals surface area contributed by atoms with E-state index in [1.165, 1.54) is 18.4 Å². The van der Waals surface area contributed by atoms with Gasteiger partial charge in [-0.3, -0.25) is 9.67 Å². The lowest BCUT2D eigenvalue weighted by Crippen LogP contribution is -2.40. The van der Waals surface area contributed by atoms with Gasteiger partial charge in [0.25, 0.3) is 0 Å². The van der Waals surface area contributed by atoms with Gasteiger partial charge in [-0.15, -0.1) is 24.0 Å². The molecule has 1 aromatic rings. The molecule has 0 aliphatic carbocycles. The molecule has 0 bridgehead atoms. The topological polar surface area (TPSA) is 45.5 Å². The second-order valence-electron chi connectivity index (χ2n) is 7.78. The van der Waals surface area contributed by atoms with E-state index in [1.54, 1.807) is 0 Å². The molecule has 1 aromatic heterocycles. The van der Waals surface area contributed by atoms with Gasteiger partial charge in [0.2, 0.25) is 0 Å². The molecule has 1 fully saturated rings. The summed E-state index contributed by atoms with van der Waals surface area (Å²) in [5.74, 6) is 1.65. The number of likely N-dealkylation sites (tertiary alicyclic amines) is 1. The molecule has 1 atom stereocenters. The maximum absolute atomic E-state index is 4.84. The van der Waals surface area contributed by atoms with E-state index in [4.69, 9.17) is 4.99 Å². The molecule has 24 heavy (non-hydrogen) atoms. The molecule has 2 heterocycles. The summed E-state index contributed by atoms with van der Waals surface area (Å²) in [5.41, 5.74) is 1.74. The van der Waals surface area contributed by atoms with Gasteiger partial charge in [0.15, 0.2) is 5.96 Å². The van der Waals surface area contributed by atoms with Gasteiger partial charge in [0.05, 0.1) is 6.20 Å². The molecule has 5 nitrogen and oxygen atoms in total. The summed E-state index contributed by atoms with van der Waals surface area (Å²) in [4.78, 5) is 7.24. The third-order valence-corrected chi connectivity index (χ3v) is 4.37. The summed E-state index contributed by atoms with van der Waals surface area (Å²) in [6, 6.07) is 0. The van der Waals surface area contributed by atoms with E-state index < -0.39 is 0 Å².